The van der Waals surface area contributed by atoms with E-state index in [0.717, 1.165) is 0 Å². The molecule has 3 fully saturated rings. The molecule has 3 rings (SSSR count). The maximum absolute atomic E-state index is 14.3. The zero-order valence-electron chi connectivity index (χ0n) is 35.2. The van der Waals surface area contributed by atoms with Crippen LogP contribution in [-0.2, 0) is 38.0 Å². The number of nitrogens with zero attached hydrogens (tertiary/aromatic N) is 1. The van der Waals surface area contributed by atoms with Crippen LogP contribution in [0.3, 0.4) is 0 Å². The number of hydrogen-bond donors (Lipinski definition) is 5. The van der Waals surface area contributed by atoms with Crippen molar-refractivity contribution < 1.29 is 58.4 Å². The lowest BCUT2D eigenvalue weighted by atomic mass is 9.77. The van der Waals surface area contributed by atoms with Gasteiger partial charge in [0, 0.05) is 31.5 Å². The number of ether oxygens (including phenoxy) is 7. The number of hydrogen-bond acceptors (Lipinski definition) is 14. The van der Waals surface area contributed by atoms with E-state index >= 15 is 0 Å². The van der Waals surface area contributed by atoms with E-state index in [1.807, 2.05) is 39.8 Å². The average Bonchev–Trinajstić information content (AvgIpc) is 3.11. The second-order valence-electron chi connectivity index (χ2n) is 17.2. The summed E-state index contributed by atoms with van der Waals surface area (Å²) in [6, 6.07) is -0.811. The number of aliphatic hydroxyl groups excluding tert-OH is 3. The van der Waals surface area contributed by atoms with Crippen molar-refractivity contribution in [2.45, 2.75) is 185 Å². The summed E-state index contributed by atoms with van der Waals surface area (Å²) in [6.07, 6.45) is -5.85. The third-order valence-corrected chi connectivity index (χ3v) is 12.2. The molecule has 0 aromatic rings. The molecular weight excluding hydrogens is 700 g/mol. The second kappa shape index (κ2) is 19.5. The highest BCUT2D eigenvalue weighted by molar-refractivity contribution is 5.73. The number of cyclic esters (lactones) is 1. The molecule has 0 spiro atoms. The van der Waals surface area contributed by atoms with Gasteiger partial charge in [0.2, 0.25) is 0 Å². The summed E-state index contributed by atoms with van der Waals surface area (Å²) in [4.78, 5) is 16.3. The normalized spacial score (nSPS) is 47.7. The Labute approximate surface area is 324 Å². The first-order valence-electron chi connectivity index (χ1n) is 19.8. The van der Waals surface area contributed by atoms with Crippen LogP contribution in [0.15, 0.2) is 12.7 Å². The van der Waals surface area contributed by atoms with Crippen molar-refractivity contribution in [1.29, 1.82) is 0 Å². The molecule has 5 N–H and O–H groups in total. The van der Waals surface area contributed by atoms with Crippen LogP contribution in [0.4, 0.5) is 0 Å². The van der Waals surface area contributed by atoms with Crippen LogP contribution in [0.1, 0.15) is 94.9 Å². The highest BCUT2D eigenvalue weighted by atomic mass is 16.7. The number of aliphatic hydroxyl groups is 4. The molecule has 54 heavy (non-hydrogen) atoms. The molecule has 14 heteroatoms. The van der Waals surface area contributed by atoms with Gasteiger partial charge in [-0.3, -0.25) is 4.79 Å². The molecule has 0 aliphatic carbocycles. The van der Waals surface area contributed by atoms with E-state index < -0.39 is 96.0 Å². The molecule has 14 nitrogen and oxygen atoms in total. The first-order chi connectivity index (χ1) is 25.1. The Morgan fingerprint density at radius 1 is 0.981 bits per heavy atom. The number of carbonyl (C=O) groups excluding carboxylic acids is 1. The van der Waals surface area contributed by atoms with Gasteiger partial charge >= 0.3 is 5.97 Å². The molecule has 0 aromatic heterocycles. The van der Waals surface area contributed by atoms with Crippen molar-refractivity contribution in [3.63, 3.8) is 0 Å². The van der Waals surface area contributed by atoms with E-state index in [0.29, 0.717) is 19.4 Å². The van der Waals surface area contributed by atoms with Crippen molar-refractivity contribution in [1.82, 2.24) is 10.2 Å². The lowest BCUT2D eigenvalue weighted by Gasteiger charge is -2.49. The van der Waals surface area contributed by atoms with Gasteiger partial charge in [0.05, 0.1) is 48.1 Å². The van der Waals surface area contributed by atoms with E-state index in [1.54, 1.807) is 40.7 Å². The summed E-state index contributed by atoms with van der Waals surface area (Å²) in [5, 5.41) is 49.2. The van der Waals surface area contributed by atoms with Gasteiger partial charge in [-0.1, -0.05) is 26.8 Å². The Kier molecular flexibility index (Phi) is 17.0. The zero-order chi connectivity index (χ0) is 40.9. The summed E-state index contributed by atoms with van der Waals surface area (Å²) in [6.45, 7) is 22.7. The van der Waals surface area contributed by atoms with Crippen LogP contribution in [0.2, 0.25) is 0 Å². The molecule has 3 aliphatic rings. The van der Waals surface area contributed by atoms with Crippen molar-refractivity contribution >= 4 is 5.97 Å². The lowest BCUT2D eigenvalue weighted by molar-refractivity contribution is -0.320. The lowest BCUT2D eigenvalue weighted by Crippen LogP contribution is -2.61. The summed E-state index contributed by atoms with van der Waals surface area (Å²) >= 11 is 0. The number of rotatable bonds is 10. The zero-order valence-corrected chi connectivity index (χ0v) is 35.2. The summed E-state index contributed by atoms with van der Waals surface area (Å²) in [5.41, 5.74) is -3.87. The minimum absolute atomic E-state index is 0.0587. The quantitative estimate of drug-likeness (QED) is 0.162. The molecule has 0 aromatic carbocycles. The Balaban J connectivity index is 2.24. The summed E-state index contributed by atoms with van der Waals surface area (Å²) in [5.74, 6) is -2.34. The second-order valence-corrected chi connectivity index (χ2v) is 17.2. The maximum Gasteiger partial charge on any atom is 0.311 e. The van der Waals surface area contributed by atoms with E-state index in [2.05, 4.69) is 18.8 Å². The van der Waals surface area contributed by atoms with Gasteiger partial charge in [-0.15, -0.1) is 6.58 Å². The predicted octanol–water partition coefficient (Wildman–Crippen LogP) is 2.77. The van der Waals surface area contributed by atoms with Gasteiger partial charge in [-0.2, -0.15) is 0 Å². The Bertz CT molecular complexity index is 1190. The molecule has 0 radical (unpaired) electrons. The van der Waals surface area contributed by atoms with Crippen LogP contribution in [0, 0.1) is 17.8 Å². The Hall–Kier alpha value is -1.27. The van der Waals surface area contributed by atoms with Gasteiger partial charge in [-0.05, 0) is 94.3 Å². The Morgan fingerprint density at radius 3 is 2.20 bits per heavy atom. The van der Waals surface area contributed by atoms with Crippen LogP contribution in [-0.4, -0.2) is 156 Å². The van der Waals surface area contributed by atoms with Crippen molar-refractivity contribution in [3.8, 4) is 0 Å². The molecule has 0 unspecified atom stereocenters. The number of esters is 1. The van der Waals surface area contributed by atoms with E-state index in [9.17, 15) is 25.2 Å². The molecule has 316 valence electrons. The number of carbonyl (C=O) groups is 1. The third kappa shape index (κ3) is 10.8. The fourth-order valence-electron chi connectivity index (χ4n) is 8.73. The molecule has 3 saturated heterocycles. The maximum atomic E-state index is 14.3. The SMILES string of the molecule is C=CCO[C@@]1(C)C[C@@H](C)CN[C@H](C)[C@@H](O)[C@](C)(O)[C@@H](CC)OC(=O)[C@H](C)[C@@H](O[C@@H]2C[C@](C)(OC)[C@H](O)[C@@H](C)O2)[C@H](C)[C@H]1O[C@@H]1O[C@H](C)C[C@H](N(C)C)[C@H]1O. The molecule has 0 amide bonds. The van der Waals surface area contributed by atoms with Gasteiger partial charge in [0.15, 0.2) is 12.6 Å². The average molecular weight is 775 g/mol. The molecule has 3 heterocycles. The van der Waals surface area contributed by atoms with Crippen LogP contribution < -0.4 is 5.32 Å². The monoisotopic (exact) mass is 775 g/mol. The molecular formula is C40H74N2O12. The summed E-state index contributed by atoms with van der Waals surface area (Å²) in [7, 11) is 5.35. The van der Waals surface area contributed by atoms with Crippen LogP contribution in [0.5, 0.6) is 0 Å². The smallest absolute Gasteiger partial charge is 0.311 e. The molecule has 0 saturated carbocycles. The first-order valence-corrected chi connectivity index (χ1v) is 19.8. The minimum atomic E-state index is -1.79. The number of methoxy groups -OCH3 is 1. The van der Waals surface area contributed by atoms with E-state index in [-0.39, 0.29) is 37.5 Å². The van der Waals surface area contributed by atoms with Crippen LogP contribution in [0.25, 0.3) is 0 Å². The molecule has 18 atom stereocenters. The third-order valence-electron chi connectivity index (χ3n) is 12.2. The highest BCUT2D eigenvalue weighted by Crippen LogP contribution is 2.41. The summed E-state index contributed by atoms with van der Waals surface area (Å²) < 4.78 is 44.8. The van der Waals surface area contributed by atoms with Gasteiger partial charge in [-0.25, -0.2) is 0 Å². The minimum Gasteiger partial charge on any atom is -0.459 e. The van der Waals surface area contributed by atoms with Gasteiger partial charge in [0.25, 0.3) is 0 Å². The fraction of sp³-hybridized carbons (Fsp3) is 0.925. The standard InChI is InChI=1S/C40H74N2O12/c1-15-17-49-39(10)19-22(3)21-41-26(7)33(44)40(11,47)29(16-2)52-36(46)25(6)32(53-30-20-38(9,48-14)34(45)27(8)51-30)24(5)35(39)54-37-31(43)28(42(12)13)18-23(4)50-37/h15,22-35,37,41,43-45,47H,1,16-21H2,2-14H3/t22-,23-,24+,25-,26-,27-,28+,29-,30-,31-,32+,33-,34-,35-,37+,38+,39+,40-/m1/s1. The predicted molar refractivity (Wildman–Crippen MR) is 203 cm³/mol. The van der Waals surface area contributed by atoms with Crippen molar-refractivity contribution in [2.24, 2.45) is 17.8 Å². The highest BCUT2D eigenvalue weighted by Gasteiger charge is 2.53. The number of nitrogens with one attached hydrogen (secondary N) is 1. The largest absolute Gasteiger partial charge is 0.459 e. The first kappa shape index (κ1) is 47.1. The van der Waals surface area contributed by atoms with Crippen molar-refractivity contribution in [3.05, 3.63) is 12.7 Å². The van der Waals surface area contributed by atoms with Gasteiger partial charge in [0.1, 0.15) is 30.0 Å². The van der Waals surface area contributed by atoms with Crippen molar-refractivity contribution in [2.75, 3.05) is 34.4 Å². The molecule has 3 aliphatic heterocycles. The van der Waals surface area contributed by atoms with E-state index in [4.69, 9.17) is 33.2 Å². The Morgan fingerprint density at radius 2 is 1.63 bits per heavy atom. The van der Waals surface area contributed by atoms with E-state index in [1.165, 1.54) is 14.0 Å². The van der Waals surface area contributed by atoms with Gasteiger partial charge < -0.3 is 63.8 Å². The topological polar surface area (TPSA) is 178 Å². The fourth-order valence-corrected chi connectivity index (χ4v) is 8.73. The number of likely N-dealkylation sites (N-methyl/N-ethyl adjacent to an activating group) is 1. The van der Waals surface area contributed by atoms with Crippen LogP contribution >= 0.6 is 0 Å². The molecule has 0 bridgehead atoms.